The third-order valence-electron chi connectivity index (χ3n) is 5.45. The van der Waals surface area contributed by atoms with E-state index in [4.69, 9.17) is 0 Å². The van der Waals surface area contributed by atoms with Crippen LogP contribution >= 0.6 is 0 Å². The van der Waals surface area contributed by atoms with Gasteiger partial charge in [-0.15, -0.1) is 0 Å². The number of rotatable bonds is 5. The number of hydrogen-bond acceptors (Lipinski definition) is 4. The van der Waals surface area contributed by atoms with Gasteiger partial charge in [-0.25, -0.2) is 17.5 Å². The van der Waals surface area contributed by atoms with Crippen LogP contribution in [0.25, 0.3) is 5.69 Å². The summed E-state index contributed by atoms with van der Waals surface area (Å²) in [5, 5.41) is 7.31. The Balaban J connectivity index is 1.47. The highest BCUT2D eigenvalue weighted by Gasteiger charge is 2.28. The van der Waals surface area contributed by atoms with Crippen molar-refractivity contribution in [3.8, 4) is 5.69 Å². The number of hydrogen-bond donors (Lipinski definition) is 1. The van der Waals surface area contributed by atoms with Crippen LogP contribution in [0.3, 0.4) is 0 Å². The maximum absolute atomic E-state index is 13.2. The summed E-state index contributed by atoms with van der Waals surface area (Å²) in [6, 6.07) is 12.3. The molecule has 0 aliphatic carbocycles. The lowest BCUT2D eigenvalue weighted by molar-refractivity contribution is 0.0940. The Bertz CT molecular complexity index is 1200. The van der Waals surface area contributed by atoms with Gasteiger partial charge in [0.15, 0.2) is 0 Å². The van der Waals surface area contributed by atoms with Crippen molar-refractivity contribution in [1.29, 1.82) is 0 Å². The third-order valence-corrected chi connectivity index (χ3v) is 7.32. The lowest BCUT2D eigenvalue weighted by atomic mass is 10.1. The lowest BCUT2D eigenvalue weighted by Crippen LogP contribution is -2.27. The number of aromatic nitrogens is 2. The minimum absolute atomic E-state index is 0.151. The predicted molar refractivity (Wildman–Crippen MR) is 116 cm³/mol. The quantitative estimate of drug-likeness (QED) is 0.657. The fourth-order valence-corrected chi connectivity index (χ4v) is 5.32. The Morgan fingerprint density at radius 1 is 1.10 bits per heavy atom. The van der Waals surface area contributed by atoms with Crippen molar-refractivity contribution in [2.24, 2.45) is 0 Å². The predicted octanol–water partition coefficient (Wildman–Crippen LogP) is 3.35. The molecule has 0 saturated carbocycles. The molecule has 162 valence electrons. The SMILES string of the molecule is Cc1c(C(C)NC(=O)c2ccc(N3CCCS3(=O)=O)cc2)cnn1-c1ccc(F)cc1. The highest BCUT2D eigenvalue weighted by molar-refractivity contribution is 7.93. The van der Waals surface area contributed by atoms with Crippen LogP contribution in [0, 0.1) is 12.7 Å². The van der Waals surface area contributed by atoms with Crippen LogP contribution in [0.15, 0.2) is 54.7 Å². The fraction of sp³-hybridized carbons (Fsp3) is 0.273. The summed E-state index contributed by atoms with van der Waals surface area (Å²) in [7, 11) is -3.25. The van der Waals surface area contributed by atoms with E-state index in [-0.39, 0.29) is 23.5 Å². The van der Waals surface area contributed by atoms with Gasteiger partial charge in [0.1, 0.15) is 5.82 Å². The molecule has 1 aromatic heterocycles. The van der Waals surface area contributed by atoms with Gasteiger partial charge in [0, 0.05) is 23.4 Å². The molecule has 1 aliphatic heterocycles. The number of amides is 1. The molecule has 1 saturated heterocycles. The fourth-order valence-electron chi connectivity index (χ4n) is 3.76. The summed E-state index contributed by atoms with van der Waals surface area (Å²) in [5.41, 5.74) is 3.43. The summed E-state index contributed by atoms with van der Waals surface area (Å²) in [5.74, 6) is -0.433. The molecule has 4 rings (SSSR count). The maximum Gasteiger partial charge on any atom is 0.251 e. The molecule has 1 aliphatic rings. The van der Waals surface area contributed by atoms with E-state index < -0.39 is 10.0 Å². The minimum atomic E-state index is -3.25. The van der Waals surface area contributed by atoms with Crippen molar-refractivity contribution in [2.75, 3.05) is 16.6 Å². The normalized spacial score (nSPS) is 16.3. The van der Waals surface area contributed by atoms with Crippen molar-refractivity contribution >= 4 is 21.6 Å². The van der Waals surface area contributed by atoms with Gasteiger partial charge in [-0.05, 0) is 68.8 Å². The highest BCUT2D eigenvalue weighted by Crippen LogP contribution is 2.25. The monoisotopic (exact) mass is 442 g/mol. The number of nitrogens with one attached hydrogen (secondary N) is 1. The Kier molecular flexibility index (Phi) is 5.53. The molecule has 2 heterocycles. The molecule has 0 bridgehead atoms. The van der Waals surface area contributed by atoms with Gasteiger partial charge >= 0.3 is 0 Å². The summed E-state index contributed by atoms with van der Waals surface area (Å²) in [6.45, 7) is 4.21. The van der Waals surface area contributed by atoms with Crippen LogP contribution in [0.2, 0.25) is 0 Å². The zero-order chi connectivity index (χ0) is 22.2. The number of carbonyl (C=O) groups is 1. The van der Waals surface area contributed by atoms with E-state index in [2.05, 4.69) is 10.4 Å². The van der Waals surface area contributed by atoms with E-state index in [0.29, 0.717) is 24.2 Å². The smallest absolute Gasteiger partial charge is 0.251 e. The molecule has 1 amide bonds. The second kappa shape index (κ2) is 8.14. The van der Waals surface area contributed by atoms with E-state index in [1.165, 1.54) is 16.4 Å². The second-order valence-corrected chi connectivity index (χ2v) is 9.57. The largest absolute Gasteiger partial charge is 0.345 e. The molecule has 2 aromatic carbocycles. The van der Waals surface area contributed by atoms with E-state index in [1.807, 2.05) is 13.8 Å². The summed E-state index contributed by atoms with van der Waals surface area (Å²) >= 11 is 0. The molecule has 9 heteroatoms. The van der Waals surface area contributed by atoms with Gasteiger partial charge in [0.05, 0.1) is 29.4 Å². The van der Waals surface area contributed by atoms with Crippen LogP contribution < -0.4 is 9.62 Å². The van der Waals surface area contributed by atoms with Gasteiger partial charge in [0.25, 0.3) is 5.91 Å². The zero-order valence-corrected chi connectivity index (χ0v) is 18.1. The summed E-state index contributed by atoms with van der Waals surface area (Å²) in [4.78, 5) is 12.7. The average molecular weight is 443 g/mol. The van der Waals surface area contributed by atoms with Crippen molar-refractivity contribution < 1.29 is 17.6 Å². The van der Waals surface area contributed by atoms with Crippen LogP contribution in [0.5, 0.6) is 0 Å². The first kappa shape index (κ1) is 21.0. The number of halogens is 1. The van der Waals surface area contributed by atoms with Gasteiger partial charge in [-0.3, -0.25) is 9.10 Å². The first-order valence-corrected chi connectivity index (χ1v) is 11.6. The van der Waals surface area contributed by atoms with Crippen molar-refractivity contribution in [3.63, 3.8) is 0 Å². The van der Waals surface area contributed by atoms with E-state index in [0.717, 1.165) is 16.9 Å². The molecule has 0 spiro atoms. The molecule has 1 unspecified atom stereocenters. The summed E-state index contributed by atoms with van der Waals surface area (Å²) in [6.07, 6.45) is 2.29. The molecule has 31 heavy (non-hydrogen) atoms. The number of benzene rings is 2. The molecule has 1 N–H and O–H groups in total. The Morgan fingerprint density at radius 3 is 2.35 bits per heavy atom. The zero-order valence-electron chi connectivity index (χ0n) is 17.2. The standard InChI is InChI=1S/C22H23FN4O3S/c1-15(21-14-24-27(16(21)2)20-10-6-18(23)7-11-20)25-22(28)17-4-8-19(9-5-17)26-12-3-13-31(26,29)30/h4-11,14-15H,3,12-13H2,1-2H3,(H,25,28). The van der Waals surface area contributed by atoms with Crippen LogP contribution in [-0.4, -0.2) is 36.4 Å². The molecule has 1 atom stereocenters. The lowest BCUT2D eigenvalue weighted by Gasteiger charge is -2.18. The van der Waals surface area contributed by atoms with Crippen molar-refractivity contribution in [3.05, 3.63) is 77.4 Å². The number of carbonyl (C=O) groups excluding carboxylic acids is 1. The molecular weight excluding hydrogens is 419 g/mol. The molecule has 7 nitrogen and oxygen atoms in total. The topological polar surface area (TPSA) is 84.3 Å². The van der Waals surface area contributed by atoms with Gasteiger partial charge in [0.2, 0.25) is 10.0 Å². The van der Waals surface area contributed by atoms with Crippen LogP contribution in [-0.2, 0) is 10.0 Å². The van der Waals surface area contributed by atoms with Crippen LogP contribution in [0.1, 0.15) is 41.0 Å². The van der Waals surface area contributed by atoms with E-state index >= 15 is 0 Å². The Hall–Kier alpha value is -3.20. The molecule has 3 aromatic rings. The maximum atomic E-state index is 13.2. The third kappa shape index (κ3) is 4.18. The highest BCUT2D eigenvalue weighted by atomic mass is 32.2. The van der Waals surface area contributed by atoms with E-state index in [9.17, 15) is 17.6 Å². The Labute approximate surface area is 180 Å². The first-order chi connectivity index (χ1) is 14.8. The van der Waals surface area contributed by atoms with Crippen molar-refractivity contribution in [1.82, 2.24) is 15.1 Å². The summed E-state index contributed by atoms with van der Waals surface area (Å²) < 4.78 is 40.4. The Morgan fingerprint density at radius 2 is 1.74 bits per heavy atom. The van der Waals surface area contributed by atoms with Crippen LogP contribution in [0.4, 0.5) is 10.1 Å². The van der Waals surface area contributed by atoms with Gasteiger partial charge in [-0.2, -0.15) is 5.10 Å². The first-order valence-electron chi connectivity index (χ1n) is 9.98. The van der Waals surface area contributed by atoms with Gasteiger partial charge in [-0.1, -0.05) is 0 Å². The molecular formula is C22H23FN4O3S. The molecule has 0 radical (unpaired) electrons. The van der Waals surface area contributed by atoms with Crippen molar-refractivity contribution in [2.45, 2.75) is 26.3 Å². The number of sulfonamides is 1. The number of nitrogens with zero attached hydrogens (tertiary/aromatic N) is 3. The number of anilines is 1. The molecule has 1 fully saturated rings. The average Bonchev–Trinajstić information content (AvgIpc) is 3.30. The van der Waals surface area contributed by atoms with E-state index in [1.54, 1.807) is 47.3 Å². The van der Waals surface area contributed by atoms with Gasteiger partial charge < -0.3 is 5.32 Å². The second-order valence-electron chi connectivity index (χ2n) is 7.56. The minimum Gasteiger partial charge on any atom is -0.345 e.